The largest absolute Gasteiger partial charge is 0.416 e. The monoisotopic (exact) mass is 695 g/mol. The molecule has 8 aromatic rings. The molecule has 0 aliphatic heterocycles. The number of hydrogen-bond acceptors (Lipinski definition) is 3. The molecule has 0 saturated heterocycles. The zero-order chi connectivity index (χ0) is 36.5. The average Bonchev–Trinajstić information content (AvgIpc) is 3.65. The van der Waals surface area contributed by atoms with Crippen molar-refractivity contribution < 1.29 is 26.3 Å². The quantitative estimate of drug-likeness (QED) is 0.173. The van der Waals surface area contributed by atoms with Crippen LogP contribution in [0.3, 0.4) is 0 Å². The van der Waals surface area contributed by atoms with E-state index in [2.05, 4.69) is 6.07 Å². The van der Waals surface area contributed by atoms with Crippen LogP contribution in [0.5, 0.6) is 0 Å². The van der Waals surface area contributed by atoms with Crippen LogP contribution in [0, 0.1) is 34.0 Å². The maximum Gasteiger partial charge on any atom is 0.416 e. The van der Waals surface area contributed by atoms with Gasteiger partial charge >= 0.3 is 12.4 Å². The fourth-order valence-electron chi connectivity index (χ4n) is 6.98. The molecule has 5 nitrogen and oxygen atoms in total. The molecule has 2 aromatic heterocycles. The summed E-state index contributed by atoms with van der Waals surface area (Å²) in [7, 11) is 0. The van der Waals surface area contributed by atoms with Gasteiger partial charge in [-0.25, -0.2) is 0 Å². The van der Waals surface area contributed by atoms with E-state index in [1.165, 1.54) is 30.3 Å². The second kappa shape index (κ2) is 11.5. The number of para-hydroxylation sites is 2. The number of nitriles is 3. The molecular weight excluding hydrogens is 676 g/mol. The van der Waals surface area contributed by atoms with Crippen LogP contribution >= 0.6 is 0 Å². The van der Waals surface area contributed by atoms with Crippen molar-refractivity contribution in [3.05, 3.63) is 143 Å². The first-order valence-corrected chi connectivity index (χ1v) is 15.7. The van der Waals surface area contributed by atoms with Crippen LogP contribution in [0.1, 0.15) is 27.8 Å². The van der Waals surface area contributed by atoms with Crippen molar-refractivity contribution in [1.29, 1.82) is 15.8 Å². The first-order valence-electron chi connectivity index (χ1n) is 15.7. The molecule has 8 rings (SSSR count). The lowest BCUT2D eigenvalue weighted by molar-refractivity contribution is -0.138. The minimum absolute atomic E-state index is 0.0409. The van der Waals surface area contributed by atoms with Gasteiger partial charge in [-0.3, -0.25) is 0 Å². The average molecular weight is 696 g/mol. The Balaban J connectivity index is 1.58. The van der Waals surface area contributed by atoms with E-state index in [-0.39, 0.29) is 39.1 Å². The number of fused-ring (bicyclic) bond motifs is 6. The zero-order valence-electron chi connectivity index (χ0n) is 26.5. The van der Waals surface area contributed by atoms with E-state index in [9.17, 15) is 42.1 Å². The van der Waals surface area contributed by atoms with E-state index in [1.54, 1.807) is 69.8 Å². The van der Waals surface area contributed by atoms with Crippen molar-refractivity contribution in [2.45, 2.75) is 12.4 Å². The highest BCUT2D eigenvalue weighted by molar-refractivity contribution is 6.11. The lowest BCUT2D eigenvalue weighted by Crippen LogP contribution is -2.08. The van der Waals surface area contributed by atoms with Crippen molar-refractivity contribution in [1.82, 2.24) is 9.13 Å². The van der Waals surface area contributed by atoms with Crippen LogP contribution in [0.15, 0.2) is 115 Å². The van der Waals surface area contributed by atoms with E-state index >= 15 is 0 Å². The topological polar surface area (TPSA) is 81.2 Å². The summed E-state index contributed by atoms with van der Waals surface area (Å²) in [6.45, 7) is 0. The van der Waals surface area contributed by atoms with Crippen LogP contribution < -0.4 is 0 Å². The highest BCUT2D eigenvalue weighted by Gasteiger charge is 2.33. The summed E-state index contributed by atoms with van der Waals surface area (Å²) in [4.78, 5) is 0. The number of benzene rings is 6. The number of nitrogens with zero attached hydrogens (tertiary/aromatic N) is 5. The van der Waals surface area contributed by atoms with E-state index in [4.69, 9.17) is 0 Å². The molecule has 0 saturated carbocycles. The Bertz CT molecular complexity index is 2740. The standard InChI is InChI=1S/C41H19F6N5/c42-40(43,44)27-9-11-31-29-5-1-3-7-34(29)51(38(31)18-27)36-16-26(25-14-23(20-48)13-24(15-25)21-49)17-37(33(36)22-50)52-35-8-4-2-6-30(35)32-12-10-28(19-39(32)52)41(45,46)47/h1-19H. The van der Waals surface area contributed by atoms with Crippen LogP contribution in [0.4, 0.5) is 26.3 Å². The molecule has 2 heterocycles. The SMILES string of the molecule is N#Cc1cc(C#N)cc(-c2cc(-n3c4ccccc4c4ccc(C(F)(F)F)cc43)c(C#N)c(-n3c4ccccc4c4ccc(C(F)(F)F)cc43)c2)c1. The summed E-state index contributed by atoms with van der Waals surface area (Å²) in [6.07, 6.45) is -9.38. The Morgan fingerprint density at radius 2 is 0.827 bits per heavy atom. The Kier molecular flexibility index (Phi) is 7.13. The second-order valence-electron chi connectivity index (χ2n) is 12.2. The Hall–Kier alpha value is -7.03. The van der Waals surface area contributed by atoms with Crippen molar-refractivity contribution >= 4 is 43.6 Å². The van der Waals surface area contributed by atoms with E-state index in [0.29, 0.717) is 43.7 Å². The highest BCUT2D eigenvalue weighted by Crippen LogP contribution is 2.43. The van der Waals surface area contributed by atoms with Gasteiger partial charge in [-0.15, -0.1) is 0 Å². The molecule has 11 heteroatoms. The Morgan fingerprint density at radius 1 is 0.423 bits per heavy atom. The van der Waals surface area contributed by atoms with Crippen molar-refractivity contribution in [2.75, 3.05) is 0 Å². The van der Waals surface area contributed by atoms with Crippen molar-refractivity contribution in [3.8, 4) is 40.7 Å². The van der Waals surface area contributed by atoms with Crippen LogP contribution in [-0.2, 0) is 12.4 Å². The fraction of sp³-hybridized carbons (Fsp3) is 0.0488. The van der Waals surface area contributed by atoms with Gasteiger partial charge in [0.05, 0.1) is 67.8 Å². The van der Waals surface area contributed by atoms with Gasteiger partial charge in [0.1, 0.15) is 11.6 Å². The summed E-state index contributed by atoms with van der Waals surface area (Å²) in [5.41, 5.74) is 0.663. The number of rotatable bonds is 3. The molecule has 6 aromatic carbocycles. The molecule has 0 fully saturated rings. The smallest absolute Gasteiger partial charge is 0.308 e. The van der Waals surface area contributed by atoms with Gasteiger partial charge in [0.25, 0.3) is 0 Å². The minimum Gasteiger partial charge on any atom is -0.308 e. The molecule has 0 aliphatic rings. The van der Waals surface area contributed by atoms with Crippen molar-refractivity contribution in [3.63, 3.8) is 0 Å². The molecule has 52 heavy (non-hydrogen) atoms. The number of hydrogen-bond donors (Lipinski definition) is 0. The lowest BCUT2D eigenvalue weighted by atomic mass is 9.97. The van der Waals surface area contributed by atoms with Crippen molar-refractivity contribution in [2.24, 2.45) is 0 Å². The van der Waals surface area contributed by atoms with Crippen LogP contribution in [-0.4, -0.2) is 9.13 Å². The number of halogens is 6. The fourth-order valence-corrected chi connectivity index (χ4v) is 6.98. The third-order valence-corrected chi connectivity index (χ3v) is 9.22. The molecular formula is C41H19F6N5. The van der Waals surface area contributed by atoms with Gasteiger partial charge in [0, 0.05) is 21.5 Å². The van der Waals surface area contributed by atoms with Gasteiger partial charge < -0.3 is 9.13 Å². The van der Waals surface area contributed by atoms with Crippen LogP contribution in [0.2, 0.25) is 0 Å². The summed E-state index contributed by atoms with van der Waals surface area (Å²) in [6, 6.07) is 34.4. The lowest BCUT2D eigenvalue weighted by Gasteiger charge is -2.19. The normalized spacial score (nSPS) is 12.0. The number of aromatic nitrogens is 2. The first-order chi connectivity index (χ1) is 24.9. The maximum atomic E-state index is 14.1. The summed E-state index contributed by atoms with van der Waals surface area (Å²) in [5.74, 6) is 0. The molecule has 0 atom stereocenters. The third-order valence-electron chi connectivity index (χ3n) is 9.22. The van der Waals surface area contributed by atoms with Gasteiger partial charge in [-0.1, -0.05) is 48.5 Å². The molecule has 0 spiro atoms. The Morgan fingerprint density at radius 3 is 1.23 bits per heavy atom. The predicted molar refractivity (Wildman–Crippen MR) is 185 cm³/mol. The maximum absolute atomic E-state index is 14.1. The van der Waals surface area contributed by atoms with Gasteiger partial charge in [-0.2, -0.15) is 42.1 Å². The highest BCUT2D eigenvalue weighted by atomic mass is 19.4. The second-order valence-corrected chi connectivity index (χ2v) is 12.2. The van der Waals surface area contributed by atoms with E-state index in [0.717, 1.165) is 24.3 Å². The molecule has 0 aliphatic carbocycles. The third kappa shape index (κ3) is 5.01. The molecule has 0 bridgehead atoms. The molecule has 250 valence electrons. The Labute approximate surface area is 290 Å². The van der Waals surface area contributed by atoms with Gasteiger partial charge in [-0.05, 0) is 77.9 Å². The molecule has 0 amide bonds. The van der Waals surface area contributed by atoms with Gasteiger partial charge in [0.2, 0.25) is 0 Å². The van der Waals surface area contributed by atoms with Gasteiger partial charge in [0.15, 0.2) is 0 Å². The van der Waals surface area contributed by atoms with E-state index in [1.807, 2.05) is 12.1 Å². The van der Waals surface area contributed by atoms with Crippen LogP contribution in [0.25, 0.3) is 66.1 Å². The first kappa shape index (κ1) is 32.2. The molecule has 0 N–H and O–H groups in total. The molecule has 0 unspecified atom stereocenters. The predicted octanol–water partition coefficient (Wildman–Crippen LogP) is 11.2. The summed E-state index contributed by atoms with van der Waals surface area (Å²) < 4.78 is 88.0. The zero-order valence-corrected chi connectivity index (χ0v) is 26.5. The summed E-state index contributed by atoms with van der Waals surface area (Å²) in [5, 5.41) is 32.7. The summed E-state index contributed by atoms with van der Waals surface area (Å²) >= 11 is 0. The number of alkyl halides is 6. The van der Waals surface area contributed by atoms with E-state index < -0.39 is 23.5 Å². The minimum atomic E-state index is -4.69. The molecule has 0 radical (unpaired) electrons.